The fourth-order valence-electron chi connectivity index (χ4n) is 1.51. The SMILES string of the molecule is Cc1ccc(N)cc1Nc1ccc(Cl)cc1Cl. The predicted molar refractivity (Wildman–Crippen MR) is 75.3 cm³/mol. The molecule has 0 aliphatic rings. The van der Waals surface area contributed by atoms with E-state index in [1.54, 1.807) is 12.1 Å². The van der Waals surface area contributed by atoms with Gasteiger partial charge >= 0.3 is 0 Å². The molecule has 2 aromatic rings. The summed E-state index contributed by atoms with van der Waals surface area (Å²) in [5.74, 6) is 0. The number of nitrogen functional groups attached to an aromatic ring is 1. The fraction of sp³-hybridized carbons (Fsp3) is 0.0769. The standard InChI is InChI=1S/C13H12Cl2N2/c1-8-2-4-10(16)7-13(8)17-12-5-3-9(14)6-11(12)15/h2-7,17H,16H2,1H3. The van der Waals surface area contributed by atoms with Crippen LogP contribution in [0, 0.1) is 6.92 Å². The van der Waals surface area contributed by atoms with Gasteiger partial charge in [-0.3, -0.25) is 0 Å². The van der Waals surface area contributed by atoms with E-state index in [9.17, 15) is 0 Å². The molecule has 0 aromatic heterocycles. The van der Waals surface area contributed by atoms with E-state index in [2.05, 4.69) is 5.32 Å². The maximum absolute atomic E-state index is 6.09. The molecule has 3 N–H and O–H groups in total. The number of aryl methyl sites for hydroxylation is 1. The molecule has 88 valence electrons. The van der Waals surface area contributed by atoms with Crippen LogP contribution in [0.2, 0.25) is 10.0 Å². The lowest BCUT2D eigenvalue weighted by Gasteiger charge is -2.11. The first-order valence-corrected chi connectivity index (χ1v) is 5.90. The van der Waals surface area contributed by atoms with Crippen LogP contribution in [0.4, 0.5) is 17.1 Å². The van der Waals surface area contributed by atoms with Crippen molar-refractivity contribution in [1.82, 2.24) is 0 Å². The van der Waals surface area contributed by atoms with Crippen LogP contribution in [0.5, 0.6) is 0 Å². The third-order valence-electron chi connectivity index (χ3n) is 2.46. The number of halogens is 2. The summed E-state index contributed by atoms with van der Waals surface area (Å²) in [6, 6.07) is 11.0. The molecule has 0 radical (unpaired) electrons. The second kappa shape index (κ2) is 4.86. The molecule has 0 aliphatic carbocycles. The molecule has 0 saturated heterocycles. The van der Waals surface area contributed by atoms with Gasteiger partial charge in [-0.2, -0.15) is 0 Å². The van der Waals surface area contributed by atoms with Crippen molar-refractivity contribution in [3.05, 3.63) is 52.0 Å². The Labute approximate surface area is 110 Å². The van der Waals surface area contributed by atoms with Gasteiger partial charge in [0.2, 0.25) is 0 Å². The minimum absolute atomic E-state index is 0.583. The van der Waals surface area contributed by atoms with Gasteiger partial charge in [0, 0.05) is 16.4 Å². The molecule has 0 saturated carbocycles. The zero-order chi connectivity index (χ0) is 12.4. The highest BCUT2D eigenvalue weighted by molar-refractivity contribution is 6.36. The van der Waals surface area contributed by atoms with Crippen LogP contribution < -0.4 is 11.1 Å². The van der Waals surface area contributed by atoms with Gasteiger partial charge in [0.25, 0.3) is 0 Å². The van der Waals surface area contributed by atoms with Crippen LogP contribution in [-0.4, -0.2) is 0 Å². The molecule has 0 unspecified atom stereocenters. The van der Waals surface area contributed by atoms with Crippen molar-refractivity contribution in [2.75, 3.05) is 11.1 Å². The minimum atomic E-state index is 0.583. The molecule has 17 heavy (non-hydrogen) atoms. The number of hydrogen-bond donors (Lipinski definition) is 2. The van der Waals surface area contributed by atoms with Gasteiger partial charge in [-0.05, 0) is 42.8 Å². The normalized spacial score (nSPS) is 10.3. The van der Waals surface area contributed by atoms with Crippen LogP contribution in [0.15, 0.2) is 36.4 Å². The highest BCUT2D eigenvalue weighted by Crippen LogP contribution is 2.30. The van der Waals surface area contributed by atoms with E-state index in [1.165, 1.54) is 0 Å². The molecule has 2 aromatic carbocycles. The first-order chi connectivity index (χ1) is 8.06. The molecular weight excluding hydrogens is 255 g/mol. The van der Waals surface area contributed by atoms with Gasteiger partial charge in [-0.25, -0.2) is 0 Å². The number of hydrogen-bond acceptors (Lipinski definition) is 2. The average Bonchev–Trinajstić information content (AvgIpc) is 2.27. The van der Waals surface area contributed by atoms with Crippen molar-refractivity contribution in [3.8, 4) is 0 Å². The first-order valence-electron chi connectivity index (χ1n) is 5.14. The monoisotopic (exact) mass is 266 g/mol. The molecule has 0 bridgehead atoms. The van der Waals surface area contributed by atoms with E-state index in [1.807, 2.05) is 31.2 Å². The van der Waals surface area contributed by atoms with Gasteiger partial charge in [0.1, 0.15) is 0 Å². The number of nitrogens with two attached hydrogens (primary N) is 1. The lowest BCUT2D eigenvalue weighted by atomic mass is 10.1. The molecule has 4 heteroatoms. The lowest BCUT2D eigenvalue weighted by molar-refractivity contribution is 1.43. The Kier molecular flexibility index (Phi) is 3.46. The summed E-state index contributed by atoms with van der Waals surface area (Å²) in [6.07, 6.45) is 0. The molecule has 0 amide bonds. The Bertz CT molecular complexity index is 553. The first kappa shape index (κ1) is 12.1. The van der Waals surface area contributed by atoms with E-state index in [0.717, 1.165) is 16.9 Å². The zero-order valence-electron chi connectivity index (χ0n) is 9.30. The number of benzene rings is 2. The summed E-state index contributed by atoms with van der Waals surface area (Å²) in [6.45, 7) is 2.01. The van der Waals surface area contributed by atoms with E-state index >= 15 is 0 Å². The van der Waals surface area contributed by atoms with Crippen molar-refractivity contribution in [2.24, 2.45) is 0 Å². The van der Waals surface area contributed by atoms with Gasteiger partial charge < -0.3 is 11.1 Å². The molecule has 2 rings (SSSR count). The summed E-state index contributed by atoms with van der Waals surface area (Å²) in [4.78, 5) is 0. The maximum Gasteiger partial charge on any atom is 0.0655 e. The largest absolute Gasteiger partial charge is 0.399 e. The molecule has 0 aliphatic heterocycles. The van der Waals surface area contributed by atoms with Gasteiger partial charge in [0.05, 0.1) is 10.7 Å². The van der Waals surface area contributed by atoms with Crippen LogP contribution in [0.1, 0.15) is 5.56 Å². The van der Waals surface area contributed by atoms with Crippen molar-refractivity contribution < 1.29 is 0 Å². The van der Waals surface area contributed by atoms with Gasteiger partial charge in [0.15, 0.2) is 0 Å². The molecule has 0 fully saturated rings. The summed E-state index contributed by atoms with van der Waals surface area (Å²) < 4.78 is 0. The van der Waals surface area contributed by atoms with Crippen LogP contribution in [0.3, 0.4) is 0 Å². The second-order valence-corrected chi connectivity index (χ2v) is 4.67. The van der Waals surface area contributed by atoms with Gasteiger partial charge in [-0.1, -0.05) is 29.3 Å². The predicted octanol–water partition coefficient (Wildman–Crippen LogP) is 4.63. The molecule has 0 heterocycles. The van der Waals surface area contributed by atoms with E-state index in [-0.39, 0.29) is 0 Å². The lowest BCUT2D eigenvalue weighted by Crippen LogP contribution is -1.95. The Hall–Kier alpha value is -1.38. The summed E-state index contributed by atoms with van der Waals surface area (Å²) in [7, 11) is 0. The van der Waals surface area contributed by atoms with E-state index in [0.29, 0.717) is 15.7 Å². The molecule has 0 spiro atoms. The van der Waals surface area contributed by atoms with Crippen LogP contribution in [0.25, 0.3) is 0 Å². The summed E-state index contributed by atoms with van der Waals surface area (Å²) in [5, 5.41) is 4.44. The third kappa shape index (κ3) is 2.84. The Morgan fingerprint density at radius 1 is 1.00 bits per heavy atom. The highest BCUT2D eigenvalue weighted by Gasteiger charge is 2.04. The van der Waals surface area contributed by atoms with Crippen molar-refractivity contribution in [1.29, 1.82) is 0 Å². The second-order valence-electron chi connectivity index (χ2n) is 3.82. The smallest absolute Gasteiger partial charge is 0.0655 e. The highest BCUT2D eigenvalue weighted by atomic mass is 35.5. The topological polar surface area (TPSA) is 38.0 Å². The number of rotatable bonds is 2. The molecule has 2 nitrogen and oxygen atoms in total. The number of nitrogens with one attached hydrogen (secondary N) is 1. The Balaban J connectivity index is 2.34. The van der Waals surface area contributed by atoms with Crippen molar-refractivity contribution in [3.63, 3.8) is 0 Å². The van der Waals surface area contributed by atoms with E-state index < -0.39 is 0 Å². The molecular formula is C13H12Cl2N2. The van der Waals surface area contributed by atoms with Crippen LogP contribution >= 0.6 is 23.2 Å². The maximum atomic E-state index is 6.09. The third-order valence-corrected chi connectivity index (χ3v) is 3.01. The zero-order valence-corrected chi connectivity index (χ0v) is 10.8. The van der Waals surface area contributed by atoms with Crippen LogP contribution in [-0.2, 0) is 0 Å². The minimum Gasteiger partial charge on any atom is -0.399 e. The molecule has 0 atom stereocenters. The van der Waals surface area contributed by atoms with Gasteiger partial charge in [-0.15, -0.1) is 0 Å². The quantitative estimate of drug-likeness (QED) is 0.778. The summed E-state index contributed by atoms with van der Waals surface area (Å²) in [5.41, 5.74) is 9.31. The fourth-order valence-corrected chi connectivity index (χ4v) is 1.97. The Morgan fingerprint density at radius 3 is 2.47 bits per heavy atom. The number of anilines is 3. The van der Waals surface area contributed by atoms with Crippen molar-refractivity contribution >= 4 is 40.3 Å². The van der Waals surface area contributed by atoms with Crippen molar-refractivity contribution in [2.45, 2.75) is 6.92 Å². The van der Waals surface area contributed by atoms with E-state index in [4.69, 9.17) is 28.9 Å². The average molecular weight is 267 g/mol. The Morgan fingerprint density at radius 2 is 1.76 bits per heavy atom. The summed E-state index contributed by atoms with van der Waals surface area (Å²) >= 11 is 11.9.